The zero-order valence-electron chi connectivity index (χ0n) is 13.2. The summed E-state index contributed by atoms with van der Waals surface area (Å²) >= 11 is 0. The van der Waals surface area contributed by atoms with E-state index >= 15 is 0 Å². The Morgan fingerprint density at radius 1 is 1.17 bits per heavy atom. The van der Waals surface area contributed by atoms with Gasteiger partial charge in [-0.3, -0.25) is 0 Å². The first-order chi connectivity index (χ1) is 11.2. The molecule has 2 aromatic heterocycles. The number of piperazine rings is 1. The van der Waals surface area contributed by atoms with E-state index in [4.69, 9.17) is 10.2 Å². The predicted molar refractivity (Wildman–Crippen MR) is 87.1 cm³/mol. The third-order valence-corrected chi connectivity index (χ3v) is 4.38. The molecule has 0 aliphatic carbocycles. The maximum Gasteiger partial charge on any atom is 0.245 e. The van der Waals surface area contributed by atoms with Crippen LogP contribution < -0.4 is 16.0 Å². The number of rotatable bonds is 2. The summed E-state index contributed by atoms with van der Waals surface area (Å²) in [7, 11) is 2.13. The Bertz CT molecular complexity index is 682. The highest BCUT2D eigenvalue weighted by atomic mass is 16.4. The molecular formula is C15H21N7O. The van der Waals surface area contributed by atoms with E-state index in [1.807, 2.05) is 6.07 Å². The van der Waals surface area contributed by atoms with Gasteiger partial charge in [-0.15, -0.1) is 0 Å². The van der Waals surface area contributed by atoms with Gasteiger partial charge in [0.1, 0.15) is 17.3 Å². The van der Waals surface area contributed by atoms with Crippen molar-refractivity contribution < 1.29 is 4.42 Å². The number of oxazole rings is 1. The van der Waals surface area contributed by atoms with Crippen LogP contribution >= 0.6 is 0 Å². The fraction of sp³-hybridized carbons (Fsp3) is 0.533. The number of fused-ring (bicyclic) bond motifs is 1. The molecule has 1 saturated heterocycles. The largest absolute Gasteiger partial charge is 0.438 e. The minimum absolute atomic E-state index is 0.255. The Labute approximate surface area is 134 Å². The summed E-state index contributed by atoms with van der Waals surface area (Å²) in [6, 6.07) is 1.92. The molecule has 1 fully saturated rings. The fourth-order valence-corrected chi connectivity index (χ4v) is 2.99. The second-order valence-corrected chi connectivity index (χ2v) is 6.08. The van der Waals surface area contributed by atoms with E-state index in [-0.39, 0.29) is 5.95 Å². The van der Waals surface area contributed by atoms with E-state index in [0.29, 0.717) is 18.1 Å². The SMILES string of the molecule is CN1CCN(c2cc(-c3nc4c(o3)CNCC4)nc(N)n2)CC1. The normalized spacial score (nSPS) is 18.9. The molecule has 0 aromatic carbocycles. The van der Waals surface area contributed by atoms with Gasteiger partial charge in [0.25, 0.3) is 0 Å². The first-order valence-corrected chi connectivity index (χ1v) is 7.97. The molecule has 3 N–H and O–H groups in total. The quantitative estimate of drug-likeness (QED) is 0.806. The van der Waals surface area contributed by atoms with E-state index in [1.54, 1.807) is 0 Å². The topological polar surface area (TPSA) is 96.3 Å². The van der Waals surface area contributed by atoms with E-state index in [0.717, 1.165) is 56.4 Å². The summed E-state index contributed by atoms with van der Waals surface area (Å²) in [5, 5.41) is 3.28. The van der Waals surface area contributed by atoms with Gasteiger partial charge in [0, 0.05) is 45.2 Å². The van der Waals surface area contributed by atoms with Crippen molar-refractivity contribution in [3.8, 4) is 11.6 Å². The monoisotopic (exact) mass is 315 g/mol. The lowest BCUT2D eigenvalue weighted by atomic mass is 10.2. The van der Waals surface area contributed by atoms with Crippen LogP contribution in [0.1, 0.15) is 11.5 Å². The summed E-state index contributed by atoms with van der Waals surface area (Å²) in [6.07, 6.45) is 0.880. The number of nitrogens with one attached hydrogen (secondary N) is 1. The van der Waals surface area contributed by atoms with Crippen molar-refractivity contribution in [2.75, 3.05) is 50.4 Å². The van der Waals surface area contributed by atoms with Crippen LogP contribution in [0.15, 0.2) is 10.5 Å². The van der Waals surface area contributed by atoms with Gasteiger partial charge in [0.15, 0.2) is 0 Å². The number of likely N-dealkylation sites (N-methyl/N-ethyl adjacent to an activating group) is 1. The van der Waals surface area contributed by atoms with Crippen molar-refractivity contribution in [1.29, 1.82) is 0 Å². The number of aromatic nitrogens is 3. The Hall–Kier alpha value is -2.19. The van der Waals surface area contributed by atoms with Crippen molar-refractivity contribution in [3.05, 3.63) is 17.5 Å². The van der Waals surface area contributed by atoms with Gasteiger partial charge in [-0.05, 0) is 7.05 Å². The first-order valence-electron chi connectivity index (χ1n) is 7.97. The Balaban J connectivity index is 1.65. The van der Waals surface area contributed by atoms with Gasteiger partial charge in [0.2, 0.25) is 11.8 Å². The van der Waals surface area contributed by atoms with Gasteiger partial charge in [-0.25, -0.2) is 9.97 Å². The van der Waals surface area contributed by atoms with Gasteiger partial charge in [0.05, 0.1) is 12.2 Å². The van der Waals surface area contributed by atoms with Gasteiger partial charge in [-0.1, -0.05) is 0 Å². The molecular weight excluding hydrogens is 294 g/mol. The molecule has 0 amide bonds. The van der Waals surface area contributed by atoms with E-state index in [1.165, 1.54) is 0 Å². The number of nitrogen functional groups attached to an aromatic ring is 1. The van der Waals surface area contributed by atoms with Crippen molar-refractivity contribution in [2.45, 2.75) is 13.0 Å². The molecule has 2 aliphatic heterocycles. The minimum Gasteiger partial charge on any atom is -0.438 e. The molecule has 4 heterocycles. The number of hydrogen-bond acceptors (Lipinski definition) is 8. The maximum absolute atomic E-state index is 5.91. The maximum atomic E-state index is 5.91. The van der Waals surface area contributed by atoms with E-state index in [2.05, 4.69) is 37.1 Å². The molecule has 0 radical (unpaired) electrons. The highest BCUT2D eigenvalue weighted by molar-refractivity contribution is 5.58. The fourth-order valence-electron chi connectivity index (χ4n) is 2.99. The van der Waals surface area contributed by atoms with Crippen LogP contribution in [-0.4, -0.2) is 59.6 Å². The number of anilines is 2. The summed E-state index contributed by atoms with van der Waals surface area (Å²) in [5.41, 5.74) is 7.58. The number of nitrogens with two attached hydrogens (primary N) is 1. The van der Waals surface area contributed by atoms with Crippen LogP contribution in [0.4, 0.5) is 11.8 Å². The van der Waals surface area contributed by atoms with E-state index in [9.17, 15) is 0 Å². The van der Waals surface area contributed by atoms with Gasteiger partial charge >= 0.3 is 0 Å². The van der Waals surface area contributed by atoms with Crippen LogP contribution in [0.25, 0.3) is 11.6 Å². The Kier molecular flexibility index (Phi) is 3.62. The molecule has 2 aromatic rings. The van der Waals surface area contributed by atoms with Crippen LogP contribution in [0.2, 0.25) is 0 Å². The lowest BCUT2D eigenvalue weighted by Crippen LogP contribution is -2.44. The van der Waals surface area contributed by atoms with Gasteiger partial charge < -0.3 is 25.3 Å². The summed E-state index contributed by atoms with van der Waals surface area (Å²) in [6.45, 7) is 5.53. The van der Waals surface area contributed by atoms with Crippen LogP contribution in [0.5, 0.6) is 0 Å². The van der Waals surface area contributed by atoms with Crippen LogP contribution in [-0.2, 0) is 13.0 Å². The molecule has 4 rings (SSSR count). The summed E-state index contributed by atoms with van der Waals surface area (Å²) in [4.78, 5) is 17.8. The van der Waals surface area contributed by atoms with E-state index < -0.39 is 0 Å². The lowest BCUT2D eigenvalue weighted by molar-refractivity contribution is 0.312. The average molecular weight is 315 g/mol. The summed E-state index contributed by atoms with van der Waals surface area (Å²) in [5.74, 6) is 2.52. The Morgan fingerprint density at radius 3 is 2.78 bits per heavy atom. The molecule has 0 spiro atoms. The van der Waals surface area contributed by atoms with Crippen molar-refractivity contribution in [2.24, 2.45) is 0 Å². The first kappa shape index (κ1) is 14.4. The molecule has 0 unspecified atom stereocenters. The van der Waals surface area contributed by atoms with Crippen molar-refractivity contribution in [3.63, 3.8) is 0 Å². The highest BCUT2D eigenvalue weighted by Crippen LogP contribution is 2.26. The van der Waals surface area contributed by atoms with Crippen LogP contribution in [0, 0.1) is 0 Å². The molecule has 0 bridgehead atoms. The third-order valence-electron chi connectivity index (χ3n) is 4.38. The predicted octanol–water partition coefficient (Wildman–Crippen LogP) is 0.111. The molecule has 0 saturated carbocycles. The average Bonchev–Trinajstić information content (AvgIpc) is 2.99. The molecule has 8 heteroatoms. The Morgan fingerprint density at radius 2 is 2.00 bits per heavy atom. The second-order valence-electron chi connectivity index (χ2n) is 6.08. The molecule has 122 valence electrons. The van der Waals surface area contributed by atoms with Crippen LogP contribution in [0.3, 0.4) is 0 Å². The smallest absolute Gasteiger partial charge is 0.245 e. The van der Waals surface area contributed by atoms with Crippen molar-refractivity contribution >= 4 is 11.8 Å². The lowest BCUT2D eigenvalue weighted by Gasteiger charge is -2.33. The number of hydrogen-bond donors (Lipinski definition) is 2. The molecule has 8 nitrogen and oxygen atoms in total. The second kappa shape index (κ2) is 5.78. The van der Waals surface area contributed by atoms with Gasteiger partial charge in [-0.2, -0.15) is 4.98 Å². The zero-order valence-corrected chi connectivity index (χ0v) is 13.2. The highest BCUT2D eigenvalue weighted by Gasteiger charge is 2.21. The zero-order chi connectivity index (χ0) is 15.8. The standard InChI is InChI=1S/C15H21N7O/c1-21-4-6-22(7-5-21)13-8-11(19-15(16)20-13)14-18-10-2-3-17-9-12(10)23-14/h8,17H,2-7,9H2,1H3,(H2,16,19,20). The molecule has 0 atom stereocenters. The molecule has 23 heavy (non-hydrogen) atoms. The minimum atomic E-state index is 0.255. The molecule has 2 aliphatic rings. The third kappa shape index (κ3) is 2.87. The summed E-state index contributed by atoms with van der Waals surface area (Å²) < 4.78 is 5.86. The number of nitrogens with zero attached hydrogens (tertiary/aromatic N) is 5. The van der Waals surface area contributed by atoms with Crippen molar-refractivity contribution in [1.82, 2.24) is 25.2 Å².